The molecule has 28 heavy (non-hydrogen) atoms. The number of piperazine rings is 1. The summed E-state index contributed by atoms with van der Waals surface area (Å²) in [5.74, 6) is 0.526. The maximum atomic E-state index is 12.9. The van der Waals surface area contributed by atoms with Crippen LogP contribution in [0.1, 0.15) is 55.3 Å². The van der Waals surface area contributed by atoms with Gasteiger partial charge in [-0.2, -0.15) is 0 Å². The standard InChI is InChI=1S/C22H32FN3O2/c23-20-9-7-19(8-10-20)22(28)24-12-13-25-14-16-26(17-15-25)21(27)11-6-18-4-2-1-3-5-18/h7-10,18H,1-6,11-17H2,(H,24,28). The Morgan fingerprint density at radius 2 is 1.68 bits per heavy atom. The van der Waals surface area contributed by atoms with Crippen molar-refractivity contribution in [3.05, 3.63) is 35.6 Å². The van der Waals surface area contributed by atoms with Gasteiger partial charge in [0.15, 0.2) is 0 Å². The Labute approximate surface area is 167 Å². The number of carbonyl (C=O) groups is 2. The topological polar surface area (TPSA) is 52.7 Å². The molecular weight excluding hydrogens is 357 g/mol. The highest BCUT2D eigenvalue weighted by molar-refractivity contribution is 5.94. The molecule has 6 heteroatoms. The van der Waals surface area contributed by atoms with E-state index in [1.807, 2.05) is 4.90 Å². The van der Waals surface area contributed by atoms with Crippen LogP contribution in [0.15, 0.2) is 24.3 Å². The Morgan fingerprint density at radius 1 is 1.00 bits per heavy atom. The van der Waals surface area contributed by atoms with E-state index in [1.54, 1.807) is 0 Å². The highest BCUT2D eigenvalue weighted by Gasteiger charge is 2.22. The molecule has 0 unspecified atom stereocenters. The van der Waals surface area contributed by atoms with Crippen molar-refractivity contribution in [2.24, 2.45) is 5.92 Å². The van der Waals surface area contributed by atoms with E-state index in [0.717, 1.165) is 45.1 Å². The normalized spacial score (nSPS) is 18.8. The van der Waals surface area contributed by atoms with E-state index >= 15 is 0 Å². The van der Waals surface area contributed by atoms with Crippen molar-refractivity contribution in [3.63, 3.8) is 0 Å². The van der Waals surface area contributed by atoms with Crippen LogP contribution in [0.5, 0.6) is 0 Å². The van der Waals surface area contributed by atoms with Gasteiger partial charge in [-0.25, -0.2) is 4.39 Å². The second-order valence-corrected chi connectivity index (χ2v) is 8.03. The molecule has 3 rings (SSSR count). The van der Waals surface area contributed by atoms with Gasteiger partial charge < -0.3 is 10.2 Å². The quantitative estimate of drug-likeness (QED) is 0.780. The predicted molar refractivity (Wildman–Crippen MR) is 108 cm³/mol. The van der Waals surface area contributed by atoms with Crippen LogP contribution in [-0.4, -0.2) is 60.9 Å². The lowest BCUT2D eigenvalue weighted by molar-refractivity contribution is -0.133. The number of hydrogen-bond donors (Lipinski definition) is 1. The zero-order chi connectivity index (χ0) is 19.8. The number of hydrogen-bond acceptors (Lipinski definition) is 3. The lowest BCUT2D eigenvalue weighted by Gasteiger charge is -2.35. The maximum Gasteiger partial charge on any atom is 0.251 e. The zero-order valence-electron chi connectivity index (χ0n) is 16.7. The van der Waals surface area contributed by atoms with Crippen LogP contribution in [0.3, 0.4) is 0 Å². The Hall–Kier alpha value is -1.95. The molecule has 0 bridgehead atoms. The summed E-state index contributed by atoms with van der Waals surface area (Å²) in [4.78, 5) is 28.8. The fourth-order valence-corrected chi connectivity index (χ4v) is 4.21. The summed E-state index contributed by atoms with van der Waals surface area (Å²) in [6.45, 7) is 4.55. The van der Waals surface area contributed by atoms with Gasteiger partial charge in [0.05, 0.1) is 0 Å². The van der Waals surface area contributed by atoms with Gasteiger partial charge in [0, 0.05) is 51.3 Å². The molecule has 1 aromatic rings. The van der Waals surface area contributed by atoms with Crippen molar-refractivity contribution < 1.29 is 14.0 Å². The van der Waals surface area contributed by atoms with Crippen LogP contribution in [0.4, 0.5) is 4.39 Å². The largest absolute Gasteiger partial charge is 0.351 e. The minimum absolute atomic E-state index is 0.184. The third-order valence-electron chi connectivity index (χ3n) is 6.04. The molecular formula is C22H32FN3O2. The molecule has 1 saturated carbocycles. The number of amides is 2. The number of halogens is 1. The van der Waals surface area contributed by atoms with E-state index in [1.165, 1.54) is 56.4 Å². The van der Waals surface area contributed by atoms with Gasteiger partial charge in [-0.15, -0.1) is 0 Å². The van der Waals surface area contributed by atoms with Crippen molar-refractivity contribution >= 4 is 11.8 Å². The smallest absolute Gasteiger partial charge is 0.251 e. The van der Waals surface area contributed by atoms with Gasteiger partial charge in [-0.1, -0.05) is 32.1 Å². The molecule has 1 aliphatic carbocycles. The fourth-order valence-electron chi connectivity index (χ4n) is 4.21. The number of benzene rings is 1. The van der Waals surface area contributed by atoms with Crippen molar-refractivity contribution in [2.75, 3.05) is 39.3 Å². The van der Waals surface area contributed by atoms with Crippen LogP contribution < -0.4 is 5.32 Å². The minimum atomic E-state index is -0.345. The van der Waals surface area contributed by atoms with Gasteiger partial charge in [-0.3, -0.25) is 14.5 Å². The molecule has 0 spiro atoms. The Bertz CT molecular complexity index is 636. The summed E-state index contributed by atoms with van der Waals surface area (Å²) < 4.78 is 12.9. The van der Waals surface area contributed by atoms with Crippen LogP contribution in [0, 0.1) is 11.7 Å². The average Bonchev–Trinajstić information content (AvgIpc) is 2.73. The summed E-state index contributed by atoms with van der Waals surface area (Å²) in [5.41, 5.74) is 0.467. The van der Waals surface area contributed by atoms with Gasteiger partial charge in [-0.05, 0) is 36.6 Å². The second kappa shape index (κ2) is 10.6. The first-order valence-corrected chi connectivity index (χ1v) is 10.7. The second-order valence-electron chi connectivity index (χ2n) is 8.03. The van der Waals surface area contributed by atoms with E-state index < -0.39 is 0 Å². The van der Waals surface area contributed by atoms with Crippen molar-refractivity contribution in [3.8, 4) is 0 Å². The SMILES string of the molecule is O=C(NCCN1CCN(C(=O)CCC2CCCCC2)CC1)c1ccc(F)cc1. The number of nitrogens with one attached hydrogen (secondary N) is 1. The van der Waals surface area contributed by atoms with Crippen LogP contribution >= 0.6 is 0 Å². The molecule has 5 nitrogen and oxygen atoms in total. The summed E-state index contributed by atoms with van der Waals surface area (Å²) in [5, 5.41) is 2.87. The monoisotopic (exact) mass is 389 g/mol. The molecule has 1 heterocycles. The van der Waals surface area contributed by atoms with Crippen molar-refractivity contribution in [1.29, 1.82) is 0 Å². The first-order chi connectivity index (χ1) is 13.6. The molecule has 1 aromatic carbocycles. The molecule has 2 fully saturated rings. The Balaban J connectivity index is 1.29. The molecule has 0 aromatic heterocycles. The molecule has 2 amide bonds. The van der Waals surface area contributed by atoms with Gasteiger partial charge in [0.2, 0.25) is 5.91 Å². The van der Waals surface area contributed by atoms with Crippen molar-refractivity contribution in [2.45, 2.75) is 44.9 Å². The van der Waals surface area contributed by atoms with E-state index in [-0.39, 0.29) is 11.7 Å². The number of carbonyl (C=O) groups excluding carboxylic acids is 2. The number of nitrogens with zero attached hydrogens (tertiary/aromatic N) is 2. The lowest BCUT2D eigenvalue weighted by Crippen LogP contribution is -2.50. The average molecular weight is 390 g/mol. The summed E-state index contributed by atoms with van der Waals surface area (Å²) >= 11 is 0. The molecule has 154 valence electrons. The molecule has 1 aliphatic heterocycles. The Kier molecular flexibility index (Phi) is 7.83. The highest BCUT2D eigenvalue weighted by atomic mass is 19.1. The molecule has 0 radical (unpaired) electrons. The highest BCUT2D eigenvalue weighted by Crippen LogP contribution is 2.27. The summed E-state index contributed by atoms with van der Waals surface area (Å²) in [6, 6.07) is 5.56. The van der Waals surface area contributed by atoms with E-state index in [4.69, 9.17) is 0 Å². The van der Waals surface area contributed by atoms with E-state index in [0.29, 0.717) is 24.4 Å². The summed E-state index contributed by atoms with van der Waals surface area (Å²) in [7, 11) is 0. The van der Waals surface area contributed by atoms with E-state index in [2.05, 4.69) is 10.2 Å². The summed E-state index contributed by atoms with van der Waals surface area (Å²) in [6.07, 6.45) is 8.35. The van der Waals surface area contributed by atoms with Gasteiger partial charge in [0.1, 0.15) is 5.82 Å². The first kappa shape index (κ1) is 20.8. The third kappa shape index (κ3) is 6.30. The Morgan fingerprint density at radius 3 is 2.36 bits per heavy atom. The van der Waals surface area contributed by atoms with Gasteiger partial charge >= 0.3 is 0 Å². The minimum Gasteiger partial charge on any atom is -0.351 e. The predicted octanol–water partition coefficient (Wildman–Crippen LogP) is 3.06. The fraction of sp³-hybridized carbons (Fsp3) is 0.636. The lowest BCUT2D eigenvalue weighted by atomic mass is 9.86. The van der Waals surface area contributed by atoms with Gasteiger partial charge in [0.25, 0.3) is 5.91 Å². The first-order valence-electron chi connectivity index (χ1n) is 10.7. The van der Waals surface area contributed by atoms with Crippen LogP contribution in [0.2, 0.25) is 0 Å². The third-order valence-corrected chi connectivity index (χ3v) is 6.04. The van der Waals surface area contributed by atoms with E-state index in [9.17, 15) is 14.0 Å². The number of rotatable bonds is 7. The van der Waals surface area contributed by atoms with Crippen LogP contribution in [-0.2, 0) is 4.79 Å². The zero-order valence-corrected chi connectivity index (χ0v) is 16.7. The molecule has 2 aliphatic rings. The van der Waals surface area contributed by atoms with Crippen LogP contribution in [0.25, 0.3) is 0 Å². The molecule has 0 atom stereocenters. The maximum absolute atomic E-state index is 12.9. The van der Waals surface area contributed by atoms with Crippen molar-refractivity contribution in [1.82, 2.24) is 15.1 Å². The molecule has 1 N–H and O–H groups in total. The molecule has 1 saturated heterocycles.